The van der Waals surface area contributed by atoms with Crippen LogP contribution in [0.15, 0.2) is 36.5 Å². The van der Waals surface area contributed by atoms with Crippen molar-refractivity contribution in [1.82, 2.24) is 4.98 Å². The maximum atomic E-state index is 12.9. The molecule has 1 aromatic heterocycles. The summed E-state index contributed by atoms with van der Waals surface area (Å²) in [6.45, 7) is 0.888. The van der Waals surface area contributed by atoms with E-state index in [1.54, 1.807) is 24.3 Å². The van der Waals surface area contributed by atoms with Gasteiger partial charge < -0.3 is 14.4 Å². The van der Waals surface area contributed by atoms with Gasteiger partial charge in [-0.1, -0.05) is 11.6 Å². The van der Waals surface area contributed by atoms with Gasteiger partial charge in [0.1, 0.15) is 10.8 Å². The SMILES string of the molecule is CCOc1ccc(N(CCC#N)C(=O)c2cnc(OCC(F)(F)F)c(Cl)c2)cc1. The minimum Gasteiger partial charge on any atom is -0.494 e. The number of rotatable bonds is 8. The number of benzene rings is 1. The molecule has 0 aliphatic heterocycles. The van der Waals surface area contributed by atoms with Gasteiger partial charge in [0.2, 0.25) is 5.88 Å². The van der Waals surface area contributed by atoms with Crippen LogP contribution < -0.4 is 14.4 Å². The quantitative estimate of drug-likeness (QED) is 0.613. The average molecular weight is 428 g/mol. The first-order valence-electron chi connectivity index (χ1n) is 8.52. The Morgan fingerprint density at radius 2 is 1.97 bits per heavy atom. The predicted octanol–water partition coefficient (Wildman–Crippen LogP) is 4.64. The summed E-state index contributed by atoms with van der Waals surface area (Å²) in [5, 5.41) is 8.65. The number of carbonyl (C=O) groups is 1. The molecule has 0 N–H and O–H groups in total. The van der Waals surface area contributed by atoms with Crippen molar-refractivity contribution >= 4 is 23.2 Å². The van der Waals surface area contributed by atoms with E-state index >= 15 is 0 Å². The Balaban J connectivity index is 2.24. The average Bonchev–Trinajstić information content (AvgIpc) is 2.68. The topological polar surface area (TPSA) is 75.5 Å². The minimum absolute atomic E-state index is 0.0428. The third kappa shape index (κ3) is 6.54. The van der Waals surface area contributed by atoms with Crippen molar-refractivity contribution in [3.8, 4) is 17.7 Å². The maximum Gasteiger partial charge on any atom is 0.422 e. The van der Waals surface area contributed by atoms with Crippen LogP contribution in [0.5, 0.6) is 11.6 Å². The molecular formula is C19H17ClF3N3O3. The van der Waals surface area contributed by atoms with Crippen LogP contribution in [0.2, 0.25) is 5.02 Å². The van der Waals surface area contributed by atoms with Crippen LogP contribution in [0.1, 0.15) is 23.7 Å². The lowest BCUT2D eigenvalue weighted by molar-refractivity contribution is -0.154. The summed E-state index contributed by atoms with van der Waals surface area (Å²) in [5.41, 5.74) is 0.559. The second-order valence-corrected chi connectivity index (χ2v) is 6.11. The molecule has 10 heteroatoms. The molecule has 2 rings (SSSR count). The monoisotopic (exact) mass is 427 g/mol. The maximum absolute atomic E-state index is 12.9. The Bertz CT molecular complexity index is 883. The van der Waals surface area contributed by atoms with E-state index in [9.17, 15) is 18.0 Å². The molecule has 0 radical (unpaired) electrons. The molecule has 29 heavy (non-hydrogen) atoms. The Hall–Kier alpha value is -2.99. The number of halogens is 4. The molecule has 0 saturated carbocycles. The lowest BCUT2D eigenvalue weighted by Crippen LogP contribution is -2.32. The Labute approximate surface area is 170 Å². The molecule has 6 nitrogen and oxygen atoms in total. The number of hydrogen-bond donors (Lipinski definition) is 0. The first-order chi connectivity index (χ1) is 13.7. The van der Waals surface area contributed by atoms with Gasteiger partial charge in [0.15, 0.2) is 6.61 Å². The lowest BCUT2D eigenvalue weighted by atomic mass is 10.2. The summed E-state index contributed by atoms with van der Waals surface area (Å²) in [7, 11) is 0. The molecular weight excluding hydrogens is 411 g/mol. The highest BCUT2D eigenvalue weighted by Crippen LogP contribution is 2.27. The number of ether oxygens (including phenoxy) is 2. The van der Waals surface area contributed by atoms with Gasteiger partial charge in [-0.25, -0.2) is 4.98 Å². The van der Waals surface area contributed by atoms with Crippen molar-refractivity contribution in [2.24, 2.45) is 0 Å². The fourth-order valence-electron chi connectivity index (χ4n) is 2.35. The van der Waals surface area contributed by atoms with Crippen LogP contribution in [-0.2, 0) is 0 Å². The first kappa shape index (κ1) is 22.3. The van der Waals surface area contributed by atoms with Gasteiger partial charge in [0.05, 0.1) is 24.7 Å². The van der Waals surface area contributed by atoms with Crippen molar-refractivity contribution in [2.45, 2.75) is 19.5 Å². The molecule has 0 aliphatic carbocycles. The van der Waals surface area contributed by atoms with Crippen molar-refractivity contribution in [1.29, 1.82) is 5.26 Å². The van der Waals surface area contributed by atoms with Crippen molar-refractivity contribution in [3.05, 3.63) is 47.1 Å². The van der Waals surface area contributed by atoms with E-state index in [0.717, 1.165) is 6.20 Å². The van der Waals surface area contributed by atoms with Crippen molar-refractivity contribution in [2.75, 3.05) is 24.7 Å². The molecule has 2 aromatic rings. The van der Waals surface area contributed by atoms with E-state index in [4.69, 9.17) is 21.6 Å². The van der Waals surface area contributed by atoms with Crippen LogP contribution in [0.3, 0.4) is 0 Å². The largest absolute Gasteiger partial charge is 0.494 e. The zero-order valence-corrected chi connectivity index (χ0v) is 16.1. The van der Waals surface area contributed by atoms with E-state index in [2.05, 4.69) is 9.72 Å². The Morgan fingerprint density at radius 1 is 1.28 bits per heavy atom. The van der Waals surface area contributed by atoms with Crippen LogP contribution in [-0.4, -0.2) is 36.8 Å². The first-order valence-corrected chi connectivity index (χ1v) is 8.89. The summed E-state index contributed by atoms with van der Waals surface area (Å²) in [6, 6.07) is 9.84. The van der Waals surface area contributed by atoms with Gasteiger partial charge in [-0.2, -0.15) is 18.4 Å². The molecule has 0 saturated heterocycles. The van der Waals surface area contributed by atoms with E-state index < -0.39 is 24.6 Å². The standard InChI is InChI=1S/C19H17ClF3N3O3/c1-2-28-15-6-4-14(5-7-15)26(9-3-8-24)18(27)13-10-16(20)17(25-11-13)29-12-19(21,22)23/h4-7,10-11H,2-3,9,12H2,1H3. The van der Waals surface area contributed by atoms with Crippen molar-refractivity contribution < 1.29 is 27.4 Å². The predicted molar refractivity (Wildman–Crippen MR) is 100 cm³/mol. The zero-order valence-electron chi connectivity index (χ0n) is 15.4. The number of anilines is 1. The summed E-state index contributed by atoms with van der Waals surface area (Å²) < 4.78 is 46.7. The third-order valence-corrected chi connectivity index (χ3v) is 3.85. The number of pyridine rings is 1. The molecule has 1 heterocycles. The third-order valence-electron chi connectivity index (χ3n) is 3.58. The molecule has 154 valence electrons. The molecule has 0 spiro atoms. The molecule has 0 atom stereocenters. The molecule has 0 unspecified atom stereocenters. The number of nitrogens with zero attached hydrogens (tertiary/aromatic N) is 3. The number of alkyl halides is 3. The van der Waals surface area contributed by atoms with Gasteiger partial charge in [-0.15, -0.1) is 0 Å². The van der Waals surface area contributed by atoms with Crippen molar-refractivity contribution in [3.63, 3.8) is 0 Å². The van der Waals surface area contributed by atoms with E-state index in [1.807, 2.05) is 13.0 Å². The Kier molecular flexibility index (Phi) is 7.67. The zero-order chi connectivity index (χ0) is 21.4. The second-order valence-electron chi connectivity index (χ2n) is 5.71. The smallest absolute Gasteiger partial charge is 0.422 e. The summed E-state index contributed by atoms with van der Waals surface area (Å²) >= 11 is 5.92. The lowest BCUT2D eigenvalue weighted by Gasteiger charge is -2.22. The molecule has 1 amide bonds. The van der Waals surface area contributed by atoms with E-state index in [-0.39, 0.29) is 23.6 Å². The highest BCUT2D eigenvalue weighted by molar-refractivity contribution is 6.32. The van der Waals surface area contributed by atoms with Crippen LogP contribution in [0, 0.1) is 11.3 Å². The molecule has 0 aliphatic rings. The van der Waals surface area contributed by atoms with Crippen LogP contribution in [0.4, 0.5) is 18.9 Å². The van der Waals surface area contributed by atoms with Gasteiger partial charge >= 0.3 is 6.18 Å². The number of hydrogen-bond acceptors (Lipinski definition) is 5. The summed E-state index contributed by atoms with van der Waals surface area (Å²) in [4.78, 5) is 18.0. The normalized spacial score (nSPS) is 10.9. The van der Waals surface area contributed by atoms with Gasteiger partial charge in [-0.3, -0.25) is 4.79 Å². The second kappa shape index (κ2) is 9.98. The van der Waals surface area contributed by atoms with Gasteiger partial charge in [0.25, 0.3) is 5.91 Å². The number of nitriles is 1. The van der Waals surface area contributed by atoms with E-state index in [1.165, 1.54) is 11.0 Å². The molecule has 0 fully saturated rings. The number of aromatic nitrogens is 1. The van der Waals surface area contributed by atoms with Crippen LogP contribution in [0.25, 0.3) is 0 Å². The fraction of sp³-hybridized carbons (Fsp3) is 0.316. The minimum atomic E-state index is -4.54. The van der Waals surface area contributed by atoms with Crippen LogP contribution >= 0.6 is 11.6 Å². The highest BCUT2D eigenvalue weighted by Gasteiger charge is 2.29. The molecule has 1 aromatic carbocycles. The van der Waals surface area contributed by atoms with Gasteiger partial charge in [0, 0.05) is 18.4 Å². The van der Waals surface area contributed by atoms with Gasteiger partial charge in [-0.05, 0) is 37.3 Å². The number of carbonyl (C=O) groups excluding carboxylic acids is 1. The fourth-order valence-corrected chi connectivity index (χ4v) is 2.57. The number of amides is 1. The highest BCUT2D eigenvalue weighted by atomic mass is 35.5. The molecule has 0 bridgehead atoms. The summed E-state index contributed by atoms with van der Waals surface area (Å²) in [6.07, 6.45) is -3.39. The Morgan fingerprint density at radius 3 is 2.52 bits per heavy atom. The van der Waals surface area contributed by atoms with E-state index in [0.29, 0.717) is 18.0 Å². The summed E-state index contributed by atoms with van der Waals surface area (Å²) in [5.74, 6) is -0.314.